The van der Waals surface area contributed by atoms with Crippen molar-refractivity contribution in [1.29, 1.82) is 0 Å². The molecule has 0 N–H and O–H groups in total. The maximum atomic E-state index is 12.6. The molecule has 0 spiro atoms. The summed E-state index contributed by atoms with van der Waals surface area (Å²) in [5.41, 5.74) is 1.27. The number of thiophene rings is 1. The number of hydrogen-bond acceptors (Lipinski definition) is 6. The Hall–Kier alpha value is -2.97. The number of ketones is 1. The Morgan fingerprint density at radius 3 is 2.61 bits per heavy atom. The van der Waals surface area contributed by atoms with Gasteiger partial charge in [-0.15, -0.1) is 11.3 Å². The second-order valence-electron chi connectivity index (χ2n) is 7.67. The predicted octanol–water partition coefficient (Wildman–Crippen LogP) is 5.18. The molecule has 1 aliphatic rings. The van der Waals surface area contributed by atoms with Crippen LogP contribution in [0.2, 0.25) is 4.34 Å². The zero-order valence-corrected chi connectivity index (χ0v) is 19.2. The first-order chi connectivity index (χ1) is 16.1. The van der Waals surface area contributed by atoms with Gasteiger partial charge in [-0.3, -0.25) is 4.79 Å². The molecule has 2 unspecified atom stereocenters. The molecular weight excluding hydrogens is 460 g/mol. The van der Waals surface area contributed by atoms with Crippen molar-refractivity contribution in [3.8, 4) is 5.75 Å². The van der Waals surface area contributed by atoms with Crippen molar-refractivity contribution in [3.05, 3.63) is 106 Å². The molecule has 8 heteroatoms. The highest BCUT2D eigenvalue weighted by Gasteiger charge is 2.45. The molecule has 2 atom stereocenters. The number of nitrogens with zero attached hydrogens (tertiary/aromatic N) is 2. The van der Waals surface area contributed by atoms with Crippen molar-refractivity contribution in [2.24, 2.45) is 0 Å². The monoisotopic (exact) mass is 480 g/mol. The molecule has 168 valence electrons. The fraction of sp³-hybridized carbons (Fsp3) is 0.200. The number of halogens is 1. The van der Waals surface area contributed by atoms with Crippen molar-refractivity contribution in [3.63, 3.8) is 0 Å². The van der Waals surface area contributed by atoms with Gasteiger partial charge < -0.3 is 18.8 Å². The average Bonchev–Trinajstić information content (AvgIpc) is 3.61. The topological polar surface area (TPSA) is 62.6 Å². The highest BCUT2D eigenvalue weighted by Crippen LogP contribution is 2.41. The number of benzene rings is 2. The molecule has 6 nitrogen and oxygen atoms in total. The first-order valence-electron chi connectivity index (χ1n) is 10.5. The van der Waals surface area contributed by atoms with Crippen LogP contribution in [0.4, 0.5) is 0 Å². The third-order valence-electron chi connectivity index (χ3n) is 5.35. The minimum absolute atomic E-state index is 0.0198. The summed E-state index contributed by atoms with van der Waals surface area (Å²) in [6, 6.07) is 20.1. The molecule has 0 bridgehead atoms. The molecule has 0 saturated carbocycles. The van der Waals surface area contributed by atoms with Crippen molar-refractivity contribution in [2.75, 3.05) is 13.2 Å². The smallest absolute Gasteiger partial charge is 0.223 e. The summed E-state index contributed by atoms with van der Waals surface area (Å²) in [4.78, 5) is 17.6. The summed E-state index contributed by atoms with van der Waals surface area (Å²) in [5, 5.41) is 0. The summed E-state index contributed by atoms with van der Waals surface area (Å²) >= 11 is 7.61. The lowest BCUT2D eigenvalue weighted by Gasteiger charge is -2.27. The van der Waals surface area contributed by atoms with Crippen LogP contribution in [0, 0.1) is 0 Å². The Morgan fingerprint density at radius 2 is 1.91 bits per heavy atom. The number of hydrogen-bond donors (Lipinski definition) is 0. The van der Waals surface area contributed by atoms with E-state index in [1.165, 1.54) is 11.3 Å². The minimum Gasteiger partial charge on any atom is -0.491 e. The van der Waals surface area contributed by atoms with Crippen LogP contribution in [0.3, 0.4) is 0 Å². The standard InChI is InChI=1S/C25H21ClN2O4S/c26-23-11-10-22(33-23)25(16-28-13-12-27-17-28)31-15-21(32-25)14-30-20-8-6-19(7-9-20)24(29)18-4-2-1-3-5-18/h1-13,17,21H,14-16H2. The highest BCUT2D eigenvalue weighted by molar-refractivity contribution is 7.16. The van der Waals surface area contributed by atoms with Gasteiger partial charge in [0.1, 0.15) is 18.5 Å². The summed E-state index contributed by atoms with van der Waals surface area (Å²) < 4.78 is 21.1. The van der Waals surface area contributed by atoms with E-state index in [9.17, 15) is 4.79 Å². The quantitative estimate of drug-likeness (QED) is 0.325. The predicted molar refractivity (Wildman–Crippen MR) is 126 cm³/mol. The van der Waals surface area contributed by atoms with Gasteiger partial charge >= 0.3 is 0 Å². The zero-order valence-electron chi connectivity index (χ0n) is 17.6. The lowest BCUT2D eigenvalue weighted by Crippen LogP contribution is -2.33. The molecule has 33 heavy (non-hydrogen) atoms. The highest BCUT2D eigenvalue weighted by atomic mass is 35.5. The van der Waals surface area contributed by atoms with E-state index in [1.54, 1.807) is 48.9 Å². The van der Waals surface area contributed by atoms with E-state index >= 15 is 0 Å². The number of carbonyl (C=O) groups is 1. The molecular formula is C25H21ClN2O4S. The molecule has 5 rings (SSSR count). The van der Waals surface area contributed by atoms with Crippen molar-refractivity contribution >= 4 is 28.7 Å². The molecule has 0 radical (unpaired) electrons. The molecule has 2 aromatic heterocycles. The second-order valence-corrected chi connectivity index (χ2v) is 9.39. The van der Waals surface area contributed by atoms with E-state index in [-0.39, 0.29) is 11.9 Å². The maximum absolute atomic E-state index is 12.6. The fourth-order valence-electron chi connectivity index (χ4n) is 3.72. The van der Waals surface area contributed by atoms with Crippen LogP contribution >= 0.6 is 22.9 Å². The normalized spacial score (nSPS) is 20.1. The van der Waals surface area contributed by atoms with Gasteiger partial charge in [-0.2, -0.15) is 0 Å². The fourth-order valence-corrected chi connectivity index (χ4v) is 4.85. The second kappa shape index (κ2) is 9.49. The third-order valence-corrected chi connectivity index (χ3v) is 6.70. The molecule has 0 amide bonds. The zero-order chi connectivity index (χ0) is 22.7. The van der Waals surface area contributed by atoms with Crippen LogP contribution < -0.4 is 4.74 Å². The number of carbonyl (C=O) groups excluding carboxylic acids is 1. The van der Waals surface area contributed by atoms with E-state index in [0.29, 0.717) is 41.0 Å². The van der Waals surface area contributed by atoms with Crippen LogP contribution in [0.1, 0.15) is 20.8 Å². The average molecular weight is 481 g/mol. The summed E-state index contributed by atoms with van der Waals surface area (Å²) in [7, 11) is 0. The van der Waals surface area contributed by atoms with E-state index < -0.39 is 5.79 Å². The van der Waals surface area contributed by atoms with Crippen LogP contribution in [-0.4, -0.2) is 34.7 Å². The number of imidazole rings is 1. The van der Waals surface area contributed by atoms with Crippen LogP contribution in [0.25, 0.3) is 0 Å². The van der Waals surface area contributed by atoms with Gasteiger partial charge in [0.2, 0.25) is 5.79 Å². The molecule has 2 aromatic carbocycles. The van der Waals surface area contributed by atoms with Crippen molar-refractivity contribution < 1.29 is 19.0 Å². The van der Waals surface area contributed by atoms with E-state index in [4.69, 9.17) is 25.8 Å². The molecule has 1 saturated heterocycles. The first kappa shape index (κ1) is 21.9. The lowest BCUT2D eigenvalue weighted by atomic mass is 10.0. The summed E-state index contributed by atoms with van der Waals surface area (Å²) in [6.45, 7) is 1.15. The SMILES string of the molecule is O=C(c1ccccc1)c1ccc(OCC2COC(Cn3ccnc3)(c3ccc(Cl)s3)O2)cc1. The lowest BCUT2D eigenvalue weighted by molar-refractivity contribution is -0.186. The molecule has 1 aliphatic heterocycles. The number of aromatic nitrogens is 2. The van der Waals surface area contributed by atoms with E-state index in [0.717, 1.165) is 4.88 Å². The Kier molecular flexibility index (Phi) is 6.28. The van der Waals surface area contributed by atoms with Crippen LogP contribution in [-0.2, 0) is 21.8 Å². The van der Waals surface area contributed by atoms with E-state index in [1.807, 2.05) is 41.1 Å². The Morgan fingerprint density at radius 1 is 1.12 bits per heavy atom. The molecule has 3 heterocycles. The van der Waals surface area contributed by atoms with Crippen molar-refractivity contribution in [1.82, 2.24) is 9.55 Å². The first-order valence-corrected chi connectivity index (χ1v) is 11.7. The van der Waals surface area contributed by atoms with Gasteiger partial charge in [-0.05, 0) is 36.4 Å². The van der Waals surface area contributed by atoms with Gasteiger partial charge in [0.05, 0.1) is 28.7 Å². The van der Waals surface area contributed by atoms with Crippen LogP contribution in [0.15, 0.2) is 85.5 Å². The van der Waals surface area contributed by atoms with Crippen LogP contribution in [0.5, 0.6) is 5.75 Å². The Balaban J connectivity index is 1.24. The molecule has 1 fully saturated rings. The van der Waals surface area contributed by atoms with E-state index in [2.05, 4.69) is 4.98 Å². The minimum atomic E-state index is -0.946. The van der Waals surface area contributed by atoms with Crippen molar-refractivity contribution in [2.45, 2.75) is 18.4 Å². The molecule has 0 aliphatic carbocycles. The summed E-state index contributed by atoms with van der Waals surface area (Å²) in [6.07, 6.45) is 5.05. The molecule has 4 aromatic rings. The summed E-state index contributed by atoms with van der Waals surface area (Å²) in [5.74, 6) is -0.304. The maximum Gasteiger partial charge on any atom is 0.223 e. The van der Waals surface area contributed by atoms with Gasteiger partial charge in [-0.1, -0.05) is 41.9 Å². The number of ether oxygens (including phenoxy) is 3. The Labute approximate surface area is 200 Å². The third kappa shape index (κ3) is 4.86. The Bertz CT molecular complexity index is 1210. The van der Waals surface area contributed by atoms with Gasteiger partial charge in [-0.25, -0.2) is 4.98 Å². The van der Waals surface area contributed by atoms with Gasteiger partial charge in [0.15, 0.2) is 5.78 Å². The number of rotatable bonds is 8. The van der Waals surface area contributed by atoms with Gasteiger partial charge in [0, 0.05) is 23.5 Å². The largest absolute Gasteiger partial charge is 0.491 e. The van der Waals surface area contributed by atoms with Gasteiger partial charge in [0.25, 0.3) is 0 Å².